The van der Waals surface area contributed by atoms with Crippen LogP contribution in [0.4, 0.5) is 8.78 Å². The van der Waals surface area contributed by atoms with Crippen LogP contribution in [0.3, 0.4) is 0 Å². The number of thioether (sulfide) groups is 2. The highest BCUT2D eigenvalue weighted by Crippen LogP contribution is 2.30. The third-order valence-corrected chi connectivity index (χ3v) is 5.07. The summed E-state index contributed by atoms with van der Waals surface area (Å²) < 4.78 is 26.8. The fourth-order valence-corrected chi connectivity index (χ4v) is 3.47. The second-order valence-corrected chi connectivity index (χ2v) is 7.25. The number of hydrogen-bond donors (Lipinski definition) is 0. The van der Waals surface area contributed by atoms with Crippen molar-refractivity contribution in [2.24, 2.45) is 0 Å². The molecule has 0 N–H and O–H groups in total. The maximum atomic E-state index is 12.5. The number of pyridine rings is 1. The molecule has 134 valence electrons. The molecule has 0 aliphatic rings. The van der Waals surface area contributed by atoms with E-state index in [0.29, 0.717) is 27.6 Å². The molecule has 5 nitrogen and oxygen atoms in total. The predicted octanol–water partition coefficient (Wildman–Crippen LogP) is 4.33. The first kappa shape index (κ1) is 18.5. The summed E-state index contributed by atoms with van der Waals surface area (Å²) in [5, 5.41) is 8.96. The van der Waals surface area contributed by atoms with Crippen LogP contribution in [-0.2, 0) is 4.79 Å². The molecular weight excluding hydrogens is 378 g/mol. The van der Waals surface area contributed by atoms with Gasteiger partial charge in [0.05, 0.1) is 5.75 Å². The fourth-order valence-electron chi connectivity index (χ4n) is 2.22. The van der Waals surface area contributed by atoms with Gasteiger partial charge in [-0.15, -0.1) is 10.2 Å². The molecule has 0 bridgehead atoms. The number of Topliss-reactive ketones (excluding diaryl/α,β-unsaturated/α-hetero) is 1. The Hall–Kier alpha value is -2.26. The number of rotatable bonds is 7. The van der Waals surface area contributed by atoms with E-state index in [9.17, 15) is 13.6 Å². The van der Waals surface area contributed by atoms with Crippen molar-refractivity contribution in [2.75, 3.05) is 5.75 Å². The van der Waals surface area contributed by atoms with Gasteiger partial charge in [-0.05, 0) is 43.3 Å². The highest BCUT2D eigenvalue weighted by Gasteiger charge is 2.17. The molecule has 3 aromatic rings. The van der Waals surface area contributed by atoms with Crippen LogP contribution in [0.25, 0.3) is 17.1 Å². The fraction of sp³-hybridized carbons (Fsp3) is 0.176. The Labute approximate surface area is 157 Å². The van der Waals surface area contributed by atoms with Crippen LogP contribution in [0.15, 0.2) is 58.8 Å². The highest BCUT2D eigenvalue weighted by atomic mass is 32.2. The molecule has 0 spiro atoms. The molecular formula is C17H14F2N4OS2. The molecule has 0 saturated carbocycles. The first-order chi connectivity index (χ1) is 12.5. The quantitative estimate of drug-likeness (QED) is 0.558. The smallest absolute Gasteiger partial charge is 0.288 e. The second-order valence-electron chi connectivity index (χ2n) is 5.25. The minimum absolute atomic E-state index is 0.0242. The molecule has 0 aliphatic heterocycles. The number of nitrogens with zero attached hydrogens (tertiary/aromatic N) is 4. The molecule has 26 heavy (non-hydrogen) atoms. The highest BCUT2D eigenvalue weighted by molar-refractivity contribution is 8.00. The molecule has 1 aromatic carbocycles. The number of alkyl halides is 2. The normalized spacial score (nSPS) is 11.1. The average Bonchev–Trinajstić information content (AvgIpc) is 3.05. The average molecular weight is 392 g/mol. The lowest BCUT2D eigenvalue weighted by Gasteiger charge is -2.10. The van der Waals surface area contributed by atoms with Crippen LogP contribution in [0.2, 0.25) is 0 Å². The summed E-state index contributed by atoms with van der Waals surface area (Å²) in [5.74, 6) is -1.61. The van der Waals surface area contributed by atoms with E-state index in [0.717, 1.165) is 11.3 Å². The molecule has 0 radical (unpaired) electrons. The third-order valence-electron chi connectivity index (χ3n) is 3.28. The van der Waals surface area contributed by atoms with Crippen molar-refractivity contribution >= 4 is 29.3 Å². The summed E-state index contributed by atoms with van der Waals surface area (Å²) >= 11 is 1.76. The van der Waals surface area contributed by atoms with E-state index in [2.05, 4.69) is 15.2 Å². The van der Waals surface area contributed by atoms with Gasteiger partial charge in [0, 0.05) is 28.5 Å². The van der Waals surface area contributed by atoms with Crippen LogP contribution in [0, 0.1) is 0 Å². The van der Waals surface area contributed by atoms with Gasteiger partial charge in [0.25, 0.3) is 5.76 Å². The maximum absolute atomic E-state index is 12.5. The van der Waals surface area contributed by atoms with Gasteiger partial charge in [-0.1, -0.05) is 23.5 Å². The van der Waals surface area contributed by atoms with E-state index < -0.39 is 5.76 Å². The summed E-state index contributed by atoms with van der Waals surface area (Å²) in [4.78, 5) is 15.9. The Kier molecular flexibility index (Phi) is 6.00. The topological polar surface area (TPSA) is 60.7 Å². The maximum Gasteiger partial charge on any atom is 0.288 e. The van der Waals surface area contributed by atoms with Gasteiger partial charge in [0.15, 0.2) is 11.0 Å². The molecule has 9 heteroatoms. The Morgan fingerprint density at radius 2 is 1.96 bits per heavy atom. The van der Waals surface area contributed by atoms with Crippen molar-refractivity contribution in [3.8, 4) is 17.1 Å². The van der Waals surface area contributed by atoms with Crippen molar-refractivity contribution in [3.63, 3.8) is 0 Å². The zero-order valence-electron chi connectivity index (χ0n) is 13.7. The molecule has 2 aromatic heterocycles. The van der Waals surface area contributed by atoms with E-state index in [1.807, 2.05) is 6.07 Å². The SMILES string of the molecule is CC(=O)CSc1nnc(-c2cccnc2)n1-c1ccc(SC(F)F)cc1. The molecule has 0 fully saturated rings. The number of carbonyl (C=O) groups is 1. The Morgan fingerprint density at radius 1 is 1.19 bits per heavy atom. The van der Waals surface area contributed by atoms with Crippen molar-refractivity contribution < 1.29 is 13.6 Å². The third kappa shape index (κ3) is 4.47. The van der Waals surface area contributed by atoms with Gasteiger partial charge < -0.3 is 0 Å². The number of hydrogen-bond acceptors (Lipinski definition) is 6. The Balaban J connectivity index is 2.02. The predicted molar refractivity (Wildman–Crippen MR) is 97.9 cm³/mol. The van der Waals surface area contributed by atoms with Crippen molar-refractivity contribution in [2.45, 2.75) is 22.7 Å². The van der Waals surface area contributed by atoms with E-state index in [1.54, 1.807) is 47.3 Å². The molecule has 0 saturated heterocycles. The minimum atomic E-state index is -2.47. The van der Waals surface area contributed by atoms with Gasteiger partial charge in [-0.25, -0.2) is 0 Å². The van der Waals surface area contributed by atoms with Gasteiger partial charge in [0.1, 0.15) is 5.78 Å². The summed E-state index contributed by atoms with van der Waals surface area (Å²) in [6.45, 7) is 1.51. The molecule has 0 aliphatic carbocycles. The number of ketones is 1. The first-order valence-corrected chi connectivity index (χ1v) is 9.44. The number of halogens is 2. The van der Waals surface area contributed by atoms with Gasteiger partial charge in [0.2, 0.25) is 0 Å². The monoisotopic (exact) mass is 392 g/mol. The molecule has 0 amide bonds. The number of carbonyl (C=O) groups excluding carboxylic acids is 1. The Morgan fingerprint density at radius 3 is 2.58 bits per heavy atom. The van der Waals surface area contributed by atoms with E-state index in [4.69, 9.17) is 0 Å². The zero-order valence-corrected chi connectivity index (χ0v) is 15.3. The van der Waals surface area contributed by atoms with Gasteiger partial charge >= 0.3 is 0 Å². The molecule has 0 atom stereocenters. The van der Waals surface area contributed by atoms with Crippen molar-refractivity contribution in [1.29, 1.82) is 0 Å². The van der Waals surface area contributed by atoms with E-state index >= 15 is 0 Å². The summed E-state index contributed by atoms with van der Waals surface area (Å²) in [5.41, 5.74) is 1.49. The lowest BCUT2D eigenvalue weighted by atomic mass is 10.2. The lowest BCUT2D eigenvalue weighted by Crippen LogP contribution is -2.02. The largest absolute Gasteiger partial charge is 0.299 e. The van der Waals surface area contributed by atoms with Crippen LogP contribution >= 0.6 is 23.5 Å². The Bertz CT molecular complexity index is 886. The summed E-state index contributed by atoms with van der Waals surface area (Å²) in [7, 11) is 0. The van der Waals surface area contributed by atoms with Gasteiger partial charge in [-0.2, -0.15) is 8.78 Å². The second kappa shape index (κ2) is 8.41. The van der Waals surface area contributed by atoms with Crippen LogP contribution in [-0.4, -0.2) is 37.0 Å². The van der Waals surface area contributed by atoms with E-state index in [-0.39, 0.29) is 11.5 Å². The molecule has 0 unspecified atom stereocenters. The van der Waals surface area contributed by atoms with E-state index in [1.165, 1.54) is 18.7 Å². The van der Waals surface area contributed by atoms with Crippen LogP contribution in [0.5, 0.6) is 0 Å². The van der Waals surface area contributed by atoms with Crippen molar-refractivity contribution in [3.05, 3.63) is 48.8 Å². The van der Waals surface area contributed by atoms with Crippen LogP contribution in [0.1, 0.15) is 6.92 Å². The molecule has 2 heterocycles. The standard InChI is InChI=1S/C17H14F2N4OS2/c1-11(24)10-25-17-22-21-15(12-3-2-8-20-9-12)23(17)13-4-6-14(7-5-13)26-16(18)19/h2-9,16H,10H2,1H3. The number of aromatic nitrogens is 4. The summed E-state index contributed by atoms with van der Waals surface area (Å²) in [6, 6.07) is 10.3. The summed E-state index contributed by atoms with van der Waals surface area (Å²) in [6.07, 6.45) is 3.33. The minimum Gasteiger partial charge on any atom is -0.299 e. The lowest BCUT2D eigenvalue weighted by molar-refractivity contribution is -0.114. The van der Waals surface area contributed by atoms with Crippen molar-refractivity contribution in [1.82, 2.24) is 19.7 Å². The van der Waals surface area contributed by atoms with Gasteiger partial charge in [-0.3, -0.25) is 14.3 Å². The number of benzene rings is 1. The zero-order chi connectivity index (χ0) is 18.5. The first-order valence-electron chi connectivity index (χ1n) is 7.58. The van der Waals surface area contributed by atoms with Crippen LogP contribution < -0.4 is 0 Å². The molecule has 3 rings (SSSR count).